The van der Waals surface area contributed by atoms with Gasteiger partial charge >= 0.3 is 0 Å². The summed E-state index contributed by atoms with van der Waals surface area (Å²) in [5.74, 6) is 0.859. The molecule has 1 heterocycles. The zero-order valence-corrected chi connectivity index (χ0v) is 12.0. The molecule has 0 spiro atoms. The quantitative estimate of drug-likeness (QED) is 0.721. The van der Waals surface area contributed by atoms with Crippen LogP contribution < -0.4 is 5.73 Å². The molecule has 1 aliphatic heterocycles. The van der Waals surface area contributed by atoms with Crippen LogP contribution in [0.5, 0.6) is 0 Å². The fourth-order valence-electron chi connectivity index (χ4n) is 3.04. The van der Waals surface area contributed by atoms with E-state index in [0.717, 1.165) is 19.0 Å². The Balaban J connectivity index is 2.48. The molecule has 3 unspecified atom stereocenters. The van der Waals surface area contributed by atoms with E-state index in [0.29, 0.717) is 6.61 Å². The van der Waals surface area contributed by atoms with Crippen LogP contribution in [0.1, 0.15) is 39.0 Å². The Morgan fingerprint density at radius 1 is 1.39 bits per heavy atom. The summed E-state index contributed by atoms with van der Waals surface area (Å²) in [6, 6.07) is -0.0481. The van der Waals surface area contributed by atoms with Gasteiger partial charge in [0.1, 0.15) is 0 Å². The van der Waals surface area contributed by atoms with Gasteiger partial charge in [0.05, 0.1) is 19.3 Å². The number of hydrogen-bond acceptors (Lipinski definition) is 4. The first-order chi connectivity index (χ1) is 8.72. The molecule has 0 aromatic heterocycles. The molecule has 0 radical (unpaired) electrons. The van der Waals surface area contributed by atoms with Gasteiger partial charge in [-0.05, 0) is 38.3 Å². The summed E-state index contributed by atoms with van der Waals surface area (Å²) >= 11 is 0. The lowest BCUT2D eigenvalue weighted by Crippen LogP contribution is -2.52. The van der Waals surface area contributed by atoms with Crippen LogP contribution in [0.3, 0.4) is 0 Å². The van der Waals surface area contributed by atoms with E-state index < -0.39 is 0 Å². The third-order valence-electron chi connectivity index (χ3n) is 4.09. The van der Waals surface area contributed by atoms with E-state index in [2.05, 4.69) is 11.8 Å². The summed E-state index contributed by atoms with van der Waals surface area (Å²) in [5, 5.41) is 9.56. The van der Waals surface area contributed by atoms with Crippen LogP contribution in [0.15, 0.2) is 0 Å². The predicted molar refractivity (Wildman–Crippen MR) is 74.5 cm³/mol. The van der Waals surface area contributed by atoms with E-state index in [4.69, 9.17) is 10.5 Å². The van der Waals surface area contributed by atoms with Gasteiger partial charge in [-0.3, -0.25) is 4.90 Å². The Labute approximate surface area is 111 Å². The molecule has 0 aliphatic carbocycles. The predicted octanol–water partition coefficient (Wildman–Crippen LogP) is 1.22. The number of rotatable bonds is 7. The molecule has 1 saturated heterocycles. The largest absolute Gasteiger partial charge is 0.395 e. The Morgan fingerprint density at radius 3 is 2.78 bits per heavy atom. The summed E-state index contributed by atoms with van der Waals surface area (Å²) in [6.07, 6.45) is 6.39. The van der Waals surface area contributed by atoms with E-state index in [1.165, 1.54) is 32.1 Å². The van der Waals surface area contributed by atoms with Crippen LogP contribution >= 0.6 is 0 Å². The van der Waals surface area contributed by atoms with Crippen LogP contribution in [-0.2, 0) is 4.74 Å². The van der Waals surface area contributed by atoms with Gasteiger partial charge in [-0.15, -0.1) is 0 Å². The highest BCUT2D eigenvalue weighted by molar-refractivity contribution is 4.83. The van der Waals surface area contributed by atoms with Gasteiger partial charge < -0.3 is 15.6 Å². The monoisotopic (exact) mass is 258 g/mol. The van der Waals surface area contributed by atoms with Crippen LogP contribution in [0, 0.1) is 5.92 Å². The summed E-state index contributed by atoms with van der Waals surface area (Å²) in [4.78, 5) is 2.36. The smallest absolute Gasteiger partial charge is 0.0629 e. The van der Waals surface area contributed by atoms with Gasteiger partial charge in [0.25, 0.3) is 0 Å². The number of likely N-dealkylation sites (tertiary alicyclic amines) is 1. The van der Waals surface area contributed by atoms with Crippen molar-refractivity contribution < 1.29 is 9.84 Å². The third kappa shape index (κ3) is 4.84. The summed E-state index contributed by atoms with van der Waals surface area (Å²) in [5.41, 5.74) is 6.09. The Hall–Kier alpha value is -0.160. The van der Waals surface area contributed by atoms with E-state index in [1.807, 2.05) is 0 Å². The number of aliphatic hydroxyl groups excluding tert-OH is 1. The molecular weight excluding hydrogens is 228 g/mol. The molecule has 108 valence electrons. The Kier molecular flexibility index (Phi) is 7.82. The van der Waals surface area contributed by atoms with Crippen LogP contribution in [0.2, 0.25) is 0 Å². The molecule has 4 nitrogen and oxygen atoms in total. The second-order valence-corrected chi connectivity index (χ2v) is 5.49. The number of nitrogens with zero attached hydrogens (tertiary/aromatic N) is 1. The van der Waals surface area contributed by atoms with Gasteiger partial charge in [0.2, 0.25) is 0 Å². The molecule has 0 aromatic carbocycles. The van der Waals surface area contributed by atoms with Crippen molar-refractivity contribution in [2.45, 2.75) is 51.1 Å². The van der Waals surface area contributed by atoms with E-state index in [1.54, 1.807) is 7.11 Å². The fraction of sp³-hybridized carbons (Fsp3) is 1.00. The van der Waals surface area contributed by atoms with Crippen molar-refractivity contribution in [1.82, 2.24) is 4.90 Å². The number of methoxy groups -OCH3 is 1. The fourth-order valence-corrected chi connectivity index (χ4v) is 3.04. The lowest BCUT2D eigenvalue weighted by molar-refractivity contribution is 0.0717. The number of hydrogen-bond donors (Lipinski definition) is 2. The highest BCUT2D eigenvalue weighted by atomic mass is 16.5. The second kappa shape index (κ2) is 8.86. The standard InChI is InChI=1S/C14H30N2O2/c1-3-5-12-6-4-8-16(9-7-12)14(10-17)13(15)11-18-2/h12-14,17H,3-11,15H2,1-2H3. The molecule has 1 aliphatic rings. The van der Waals surface area contributed by atoms with Crippen molar-refractivity contribution in [3.63, 3.8) is 0 Å². The van der Waals surface area contributed by atoms with Crippen molar-refractivity contribution in [2.24, 2.45) is 11.7 Å². The average Bonchev–Trinajstić information content (AvgIpc) is 2.57. The van der Waals surface area contributed by atoms with Gasteiger partial charge in [0.15, 0.2) is 0 Å². The molecule has 0 aromatic rings. The highest BCUT2D eigenvalue weighted by Crippen LogP contribution is 2.23. The minimum Gasteiger partial charge on any atom is -0.395 e. The maximum Gasteiger partial charge on any atom is 0.0629 e. The second-order valence-electron chi connectivity index (χ2n) is 5.49. The summed E-state index contributed by atoms with van der Waals surface area (Å²) in [7, 11) is 1.66. The van der Waals surface area contributed by atoms with Crippen molar-refractivity contribution in [3.05, 3.63) is 0 Å². The van der Waals surface area contributed by atoms with Gasteiger partial charge in [-0.2, -0.15) is 0 Å². The molecule has 0 amide bonds. The lowest BCUT2D eigenvalue weighted by Gasteiger charge is -2.33. The zero-order chi connectivity index (χ0) is 13.4. The molecule has 3 atom stereocenters. The van der Waals surface area contributed by atoms with Gasteiger partial charge in [0, 0.05) is 13.2 Å². The Morgan fingerprint density at radius 2 is 2.17 bits per heavy atom. The summed E-state index contributed by atoms with van der Waals surface area (Å²) < 4.78 is 5.11. The number of aliphatic hydroxyl groups is 1. The van der Waals surface area contributed by atoms with Crippen molar-refractivity contribution in [1.29, 1.82) is 0 Å². The van der Waals surface area contributed by atoms with Crippen molar-refractivity contribution in [2.75, 3.05) is 33.4 Å². The van der Waals surface area contributed by atoms with Crippen molar-refractivity contribution >= 4 is 0 Å². The third-order valence-corrected chi connectivity index (χ3v) is 4.09. The minimum atomic E-state index is -0.0947. The van der Waals surface area contributed by atoms with E-state index >= 15 is 0 Å². The van der Waals surface area contributed by atoms with E-state index in [9.17, 15) is 5.11 Å². The maximum atomic E-state index is 9.56. The zero-order valence-electron chi connectivity index (χ0n) is 12.0. The number of nitrogens with two attached hydrogens (primary N) is 1. The molecule has 0 bridgehead atoms. The first-order valence-electron chi connectivity index (χ1n) is 7.32. The SMILES string of the molecule is CCCC1CCCN(C(CO)C(N)COC)CC1. The van der Waals surface area contributed by atoms with Crippen molar-refractivity contribution in [3.8, 4) is 0 Å². The molecule has 0 saturated carbocycles. The Bertz CT molecular complexity index is 214. The minimum absolute atomic E-state index is 0.0466. The molecule has 3 N–H and O–H groups in total. The lowest BCUT2D eigenvalue weighted by atomic mass is 9.96. The molecule has 4 heteroatoms. The molecule has 1 rings (SSSR count). The first-order valence-corrected chi connectivity index (χ1v) is 7.32. The van der Waals surface area contributed by atoms with E-state index in [-0.39, 0.29) is 18.7 Å². The molecular formula is C14H30N2O2. The average molecular weight is 258 g/mol. The first kappa shape index (κ1) is 15.9. The number of ether oxygens (including phenoxy) is 1. The topological polar surface area (TPSA) is 58.7 Å². The van der Waals surface area contributed by atoms with Gasteiger partial charge in [-0.25, -0.2) is 0 Å². The summed E-state index contributed by atoms with van der Waals surface area (Å²) in [6.45, 7) is 5.02. The normalized spacial score (nSPS) is 25.7. The maximum absolute atomic E-state index is 9.56. The van der Waals surface area contributed by atoms with Crippen LogP contribution in [-0.4, -0.2) is 55.5 Å². The van der Waals surface area contributed by atoms with Crippen LogP contribution in [0.25, 0.3) is 0 Å². The highest BCUT2D eigenvalue weighted by Gasteiger charge is 2.26. The van der Waals surface area contributed by atoms with Crippen LogP contribution in [0.4, 0.5) is 0 Å². The molecule has 1 fully saturated rings. The molecule has 18 heavy (non-hydrogen) atoms. The van der Waals surface area contributed by atoms with Gasteiger partial charge in [-0.1, -0.05) is 19.8 Å².